The van der Waals surface area contributed by atoms with Gasteiger partial charge in [0.05, 0.1) is 26.4 Å². The molecular formula is C81H158O17P2. The van der Waals surface area contributed by atoms with Gasteiger partial charge in [-0.3, -0.25) is 37.3 Å². The Morgan fingerprint density at radius 2 is 0.480 bits per heavy atom. The van der Waals surface area contributed by atoms with Crippen LogP contribution in [0.1, 0.15) is 415 Å². The number of esters is 4. The lowest BCUT2D eigenvalue weighted by Gasteiger charge is -2.21. The van der Waals surface area contributed by atoms with E-state index in [1.807, 2.05) is 0 Å². The highest BCUT2D eigenvalue weighted by Crippen LogP contribution is 2.45. The molecule has 0 saturated carbocycles. The van der Waals surface area contributed by atoms with Crippen LogP contribution in [0.25, 0.3) is 0 Å². The molecule has 0 aromatic heterocycles. The van der Waals surface area contributed by atoms with Crippen LogP contribution in [0.4, 0.5) is 0 Å². The Kier molecular flexibility index (Phi) is 68.7. The van der Waals surface area contributed by atoms with Crippen molar-refractivity contribution >= 4 is 39.5 Å². The van der Waals surface area contributed by atoms with Gasteiger partial charge in [0.1, 0.15) is 19.3 Å². The lowest BCUT2D eigenvalue weighted by atomic mass is 9.99. The first-order valence-electron chi connectivity index (χ1n) is 41.7. The van der Waals surface area contributed by atoms with Gasteiger partial charge in [0.15, 0.2) is 12.2 Å². The number of aliphatic hydroxyl groups is 1. The Morgan fingerprint density at radius 1 is 0.280 bits per heavy atom. The van der Waals surface area contributed by atoms with Gasteiger partial charge in [-0.2, -0.15) is 0 Å². The van der Waals surface area contributed by atoms with Gasteiger partial charge in [-0.25, -0.2) is 9.13 Å². The van der Waals surface area contributed by atoms with E-state index in [9.17, 15) is 43.2 Å². The standard InChI is InChI=1S/C81H158O17P2/c1-9-74(8)60-52-44-36-28-22-24-32-40-48-56-64-81(86)98-77(68-92-79(84)62-54-46-38-30-23-21-27-35-43-51-59-73(6)7)70-96-100(89,90)94-66-75(82)65-93-99(87,88)95-69-76(67-91-78(83)61-53-45-37-29-20-16-18-26-34-42-50-58-72(4)5)97-80(85)63-55-47-39-31-19-15-13-11-10-12-14-17-25-33-41-49-57-71(2)3/h71-77,82H,9-70H2,1-8H3,(H,87,88)(H,89,90)/t74?,75-,76-,77-/m1/s1. The normalized spacial score (nSPS) is 14.3. The molecule has 0 aliphatic heterocycles. The van der Waals surface area contributed by atoms with Gasteiger partial charge < -0.3 is 33.8 Å². The zero-order valence-electron chi connectivity index (χ0n) is 65.8. The third-order valence-electron chi connectivity index (χ3n) is 19.2. The summed E-state index contributed by atoms with van der Waals surface area (Å²) in [5, 5.41) is 10.6. The molecule has 0 fully saturated rings. The van der Waals surface area contributed by atoms with Crippen LogP contribution in [0, 0.1) is 23.7 Å². The van der Waals surface area contributed by atoms with Gasteiger partial charge in [0, 0.05) is 25.7 Å². The van der Waals surface area contributed by atoms with Crippen LogP contribution in [0.5, 0.6) is 0 Å². The number of aliphatic hydroxyl groups excluding tert-OH is 1. The topological polar surface area (TPSA) is 237 Å². The molecule has 0 aliphatic rings. The average Bonchev–Trinajstić information content (AvgIpc) is 0.924. The van der Waals surface area contributed by atoms with Gasteiger partial charge >= 0.3 is 39.5 Å². The number of ether oxygens (including phenoxy) is 4. The fraction of sp³-hybridized carbons (Fsp3) is 0.951. The van der Waals surface area contributed by atoms with Crippen LogP contribution in [0.15, 0.2) is 0 Å². The molecule has 3 N–H and O–H groups in total. The largest absolute Gasteiger partial charge is 0.472 e. The number of hydrogen-bond acceptors (Lipinski definition) is 15. The number of carbonyl (C=O) groups is 4. The van der Waals surface area contributed by atoms with E-state index in [-0.39, 0.29) is 25.7 Å². The second kappa shape index (κ2) is 70.1. The smallest absolute Gasteiger partial charge is 0.462 e. The minimum absolute atomic E-state index is 0.106. The molecule has 6 atom stereocenters. The fourth-order valence-corrected chi connectivity index (χ4v) is 14.0. The Hall–Kier alpha value is -1.94. The highest BCUT2D eigenvalue weighted by molar-refractivity contribution is 7.47. The first-order valence-corrected chi connectivity index (χ1v) is 44.7. The minimum atomic E-state index is -4.96. The Balaban J connectivity index is 5.27. The molecule has 0 aliphatic carbocycles. The van der Waals surface area contributed by atoms with Crippen molar-refractivity contribution < 1.29 is 80.2 Å². The molecule has 0 aromatic rings. The van der Waals surface area contributed by atoms with Crippen molar-refractivity contribution in [2.45, 2.75) is 433 Å². The molecule has 0 amide bonds. The summed E-state index contributed by atoms with van der Waals surface area (Å²) in [6.07, 6.45) is 56.7. The lowest BCUT2D eigenvalue weighted by Crippen LogP contribution is -2.30. The predicted molar refractivity (Wildman–Crippen MR) is 409 cm³/mol. The maximum atomic E-state index is 13.1. The van der Waals surface area contributed by atoms with Crippen LogP contribution in [-0.4, -0.2) is 96.7 Å². The molecule has 0 heterocycles. The third-order valence-corrected chi connectivity index (χ3v) is 21.1. The molecule has 0 radical (unpaired) electrons. The fourth-order valence-electron chi connectivity index (χ4n) is 12.4. The predicted octanol–water partition coefficient (Wildman–Crippen LogP) is 24.0. The number of rotatable bonds is 78. The molecule has 0 spiro atoms. The van der Waals surface area contributed by atoms with E-state index in [0.29, 0.717) is 25.7 Å². The van der Waals surface area contributed by atoms with Gasteiger partial charge in [0.2, 0.25) is 0 Å². The summed E-state index contributed by atoms with van der Waals surface area (Å²) < 4.78 is 68.8. The van der Waals surface area contributed by atoms with Crippen LogP contribution < -0.4 is 0 Å². The van der Waals surface area contributed by atoms with Crippen molar-refractivity contribution in [3.63, 3.8) is 0 Å². The molecule has 100 heavy (non-hydrogen) atoms. The molecule has 3 unspecified atom stereocenters. The quantitative estimate of drug-likeness (QED) is 0.0222. The molecule has 0 bridgehead atoms. The van der Waals surface area contributed by atoms with Crippen molar-refractivity contribution in [2.75, 3.05) is 39.6 Å². The summed E-state index contributed by atoms with van der Waals surface area (Å²) >= 11 is 0. The van der Waals surface area contributed by atoms with Crippen LogP contribution in [-0.2, 0) is 65.4 Å². The summed E-state index contributed by atoms with van der Waals surface area (Å²) in [5.41, 5.74) is 0. The van der Waals surface area contributed by atoms with Gasteiger partial charge in [0.25, 0.3) is 0 Å². The highest BCUT2D eigenvalue weighted by Gasteiger charge is 2.30. The van der Waals surface area contributed by atoms with Gasteiger partial charge in [-0.05, 0) is 49.4 Å². The molecule has 17 nitrogen and oxygen atoms in total. The first-order chi connectivity index (χ1) is 48.1. The van der Waals surface area contributed by atoms with E-state index < -0.39 is 97.5 Å². The number of unbranched alkanes of at least 4 members (excludes halogenated alkanes) is 43. The number of phosphoric ester groups is 2. The van der Waals surface area contributed by atoms with E-state index in [1.165, 1.54) is 218 Å². The summed E-state index contributed by atoms with van der Waals surface area (Å²) in [5.74, 6) is 1.03. The van der Waals surface area contributed by atoms with Crippen molar-refractivity contribution in [1.82, 2.24) is 0 Å². The molecular weight excluding hydrogens is 1310 g/mol. The summed E-state index contributed by atoms with van der Waals surface area (Å²) in [6.45, 7) is 14.3. The second-order valence-electron chi connectivity index (χ2n) is 30.8. The Labute approximate surface area is 613 Å². The second-order valence-corrected chi connectivity index (χ2v) is 33.7. The van der Waals surface area contributed by atoms with Crippen molar-refractivity contribution in [1.29, 1.82) is 0 Å². The molecule has 594 valence electrons. The Morgan fingerprint density at radius 3 is 0.710 bits per heavy atom. The molecule has 0 aromatic carbocycles. The van der Waals surface area contributed by atoms with E-state index in [2.05, 4.69) is 55.4 Å². The van der Waals surface area contributed by atoms with E-state index in [0.717, 1.165) is 114 Å². The minimum Gasteiger partial charge on any atom is -0.462 e. The van der Waals surface area contributed by atoms with Gasteiger partial charge in [-0.1, -0.05) is 364 Å². The highest BCUT2D eigenvalue weighted by atomic mass is 31.2. The maximum absolute atomic E-state index is 13.1. The van der Waals surface area contributed by atoms with Gasteiger partial charge in [-0.15, -0.1) is 0 Å². The molecule has 19 heteroatoms. The third kappa shape index (κ3) is 73.0. The molecule has 0 rings (SSSR count). The maximum Gasteiger partial charge on any atom is 0.472 e. The number of hydrogen-bond donors (Lipinski definition) is 3. The summed E-state index contributed by atoms with van der Waals surface area (Å²) in [4.78, 5) is 73.1. The van der Waals surface area contributed by atoms with Crippen LogP contribution in [0.2, 0.25) is 0 Å². The van der Waals surface area contributed by atoms with Crippen LogP contribution in [0.3, 0.4) is 0 Å². The number of phosphoric acid groups is 2. The van der Waals surface area contributed by atoms with Crippen molar-refractivity contribution in [2.24, 2.45) is 23.7 Å². The number of carbonyl (C=O) groups excluding carboxylic acids is 4. The zero-order valence-corrected chi connectivity index (χ0v) is 67.6. The first kappa shape index (κ1) is 98.1. The van der Waals surface area contributed by atoms with E-state index >= 15 is 0 Å². The molecule has 0 saturated heterocycles. The summed E-state index contributed by atoms with van der Waals surface area (Å²) in [6, 6.07) is 0. The lowest BCUT2D eigenvalue weighted by molar-refractivity contribution is -0.161. The van der Waals surface area contributed by atoms with E-state index in [4.69, 9.17) is 37.0 Å². The zero-order chi connectivity index (χ0) is 73.8. The van der Waals surface area contributed by atoms with Crippen molar-refractivity contribution in [3.05, 3.63) is 0 Å². The van der Waals surface area contributed by atoms with E-state index in [1.54, 1.807) is 0 Å². The summed E-state index contributed by atoms with van der Waals surface area (Å²) in [7, 11) is -9.92. The van der Waals surface area contributed by atoms with Crippen molar-refractivity contribution in [3.8, 4) is 0 Å². The van der Waals surface area contributed by atoms with Crippen LogP contribution >= 0.6 is 15.6 Å². The SMILES string of the molecule is CCC(C)CCCCCCCCCCCCC(=O)O[C@H](COC(=O)CCCCCCCCCCCCC(C)C)COP(=O)(O)OC[C@H](O)COP(=O)(O)OC[C@@H](COC(=O)CCCCCCCCCCCCCC(C)C)OC(=O)CCCCCCCCCCCCCCCCCCC(C)C. The Bertz CT molecular complexity index is 1960. The average molecular weight is 1470 g/mol. The monoisotopic (exact) mass is 1470 g/mol.